The van der Waals surface area contributed by atoms with E-state index in [9.17, 15) is 8.42 Å². The summed E-state index contributed by atoms with van der Waals surface area (Å²) >= 11 is 0. The summed E-state index contributed by atoms with van der Waals surface area (Å²) in [4.78, 5) is 0. The van der Waals surface area contributed by atoms with E-state index < -0.39 is 10.0 Å². The number of rotatable bonds is 6. The quantitative estimate of drug-likeness (QED) is 0.230. The van der Waals surface area contributed by atoms with Crippen LogP contribution in [0.4, 0.5) is 0 Å². The molecule has 0 aromatic carbocycles. The SMILES string of the molecule is CCOCCS(=O)(=O)N1CCC(C(N)=NO)CC1. The lowest BCUT2D eigenvalue weighted by Crippen LogP contribution is -2.43. The fourth-order valence-corrected chi connectivity index (χ4v) is 3.30. The third kappa shape index (κ3) is 4.11. The first-order valence-electron chi connectivity index (χ1n) is 6.04. The summed E-state index contributed by atoms with van der Waals surface area (Å²) in [5, 5.41) is 11.5. The van der Waals surface area contributed by atoms with Crippen LogP contribution in [0.25, 0.3) is 0 Å². The molecule has 0 radical (unpaired) electrons. The molecule has 0 atom stereocenters. The van der Waals surface area contributed by atoms with Gasteiger partial charge in [-0.1, -0.05) is 5.16 Å². The van der Waals surface area contributed by atoms with Crippen LogP contribution in [0, 0.1) is 5.92 Å². The number of amidine groups is 1. The van der Waals surface area contributed by atoms with Gasteiger partial charge in [-0.2, -0.15) is 0 Å². The Morgan fingerprint density at radius 1 is 1.50 bits per heavy atom. The Morgan fingerprint density at radius 3 is 2.61 bits per heavy atom. The second kappa shape index (κ2) is 6.91. The van der Waals surface area contributed by atoms with Crippen LogP contribution in [0.5, 0.6) is 0 Å². The number of nitrogens with two attached hydrogens (primary N) is 1. The van der Waals surface area contributed by atoms with Gasteiger partial charge >= 0.3 is 0 Å². The van der Waals surface area contributed by atoms with E-state index in [0.29, 0.717) is 32.5 Å². The van der Waals surface area contributed by atoms with Crippen LogP contribution in [0.3, 0.4) is 0 Å². The highest BCUT2D eigenvalue weighted by Crippen LogP contribution is 2.19. The van der Waals surface area contributed by atoms with Gasteiger partial charge in [0.2, 0.25) is 10.0 Å². The van der Waals surface area contributed by atoms with E-state index in [0.717, 1.165) is 0 Å². The van der Waals surface area contributed by atoms with Gasteiger partial charge in [-0.15, -0.1) is 0 Å². The molecule has 106 valence electrons. The van der Waals surface area contributed by atoms with Crippen molar-refractivity contribution in [2.45, 2.75) is 19.8 Å². The Morgan fingerprint density at radius 2 is 2.11 bits per heavy atom. The molecule has 0 aromatic heterocycles. The maximum absolute atomic E-state index is 11.9. The van der Waals surface area contributed by atoms with Crippen LogP contribution in [0.1, 0.15) is 19.8 Å². The molecule has 8 heteroatoms. The maximum Gasteiger partial charge on any atom is 0.216 e. The second-order valence-electron chi connectivity index (χ2n) is 4.21. The molecular weight excluding hydrogens is 258 g/mol. The molecular formula is C10H21N3O4S. The van der Waals surface area contributed by atoms with Gasteiger partial charge in [0.25, 0.3) is 0 Å². The fraction of sp³-hybridized carbons (Fsp3) is 0.900. The second-order valence-corrected chi connectivity index (χ2v) is 6.30. The van der Waals surface area contributed by atoms with Crippen LogP contribution in [0.15, 0.2) is 5.16 Å². The number of oxime groups is 1. The number of sulfonamides is 1. The summed E-state index contributed by atoms with van der Waals surface area (Å²) in [6.07, 6.45) is 1.17. The van der Waals surface area contributed by atoms with Gasteiger partial charge < -0.3 is 15.7 Å². The predicted octanol–water partition coefficient (Wildman–Crippen LogP) is -0.189. The van der Waals surface area contributed by atoms with E-state index in [1.54, 1.807) is 0 Å². The average molecular weight is 279 g/mol. The largest absolute Gasteiger partial charge is 0.409 e. The third-order valence-corrected chi connectivity index (χ3v) is 4.91. The molecule has 0 bridgehead atoms. The highest BCUT2D eigenvalue weighted by molar-refractivity contribution is 7.89. The molecule has 1 rings (SSSR count). The molecule has 1 fully saturated rings. The minimum atomic E-state index is -3.25. The number of hydrogen-bond acceptors (Lipinski definition) is 5. The monoisotopic (exact) mass is 279 g/mol. The number of hydrogen-bond donors (Lipinski definition) is 2. The molecule has 1 heterocycles. The minimum absolute atomic E-state index is 0.00901. The summed E-state index contributed by atoms with van der Waals surface area (Å²) in [6, 6.07) is 0. The zero-order valence-corrected chi connectivity index (χ0v) is 11.4. The van der Waals surface area contributed by atoms with Crippen LogP contribution in [0.2, 0.25) is 0 Å². The average Bonchev–Trinajstić information content (AvgIpc) is 2.38. The molecule has 1 saturated heterocycles. The van der Waals surface area contributed by atoms with Gasteiger partial charge in [-0.3, -0.25) is 0 Å². The zero-order valence-electron chi connectivity index (χ0n) is 10.6. The summed E-state index contributed by atoms with van der Waals surface area (Å²) < 4.78 is 30.4. The van der Waals surface area contributed by atoms with Crippen LogP contribution in [-0.4, -0.2) is 55.8 Å². The molecule has 0 unspecified atom stereocenters. The summed E-state index contributed by atoms with van der Waals surface area (Å²) in [5.41, 5.74) is 5.51. The lowest BCUT2D eigenvalue weighted by molar-refractivity contribution is 0.162. The number of ether oxygens (including phenoxy) is 1. The van der Waals surface area contributed by atoms with Crippen molar-refractivity contribution in [2.75, 3.05) is 32.1 Å². The van der Waals surface area contributed by atoms with E-state index in [-0.39, 0.29) is 24.1 Å². The number of piperidine rings is 1. The Hall–Kier alpha value is -0.860. The lowest BCUT2D eigenvalue weighted by atomic mass is 9.97. The van der Waals surface area contributed by atoms with Crippen LogP contribution < -0.4 is 5.73 Å². The van der Waals surface area contributed by atoms with Crippen molar-refractivity contribution in [1.29, 1.82) is 0 Å². The first kappa shape index (κ1) is 15.2. The van der Waals surface area contributed by atoms with Crippen molar-refractivity contribution in [3.8, 4) is 0 Å². The van der Waals surface area contributed by atoms with Gasteiger partial charge in [0.05, 0.1) is 12.4 Å². The highest BCUT2D eigenvalue weighted by Gasteiger charge is 2.29. The van der Waals surface area contributed by atoms with Crippen LogP contribution >= 0.6 is 0 Å². The molecule has 0 spiro atoms. The molecule has 1 aliphatic heterocycles. The first-order valence-corrected chi connectivity index (χ1v) is 7.65. The van der Waals surface area contributed by atoms with Crippen molar-refractivity contribution >= 4 is 15.9 Å². The minimum Gasteiger partial charge on any atom is -0.409 e. The standard InChI is InChI=1S/C10H21N3O4S/c1-2-17-7-8-18(15,16)13-5-3-9(4-6-13)10(11)12-14/h9,14H,2-8H2,1H3,(H2,11,12). The van der Waals surface area contributed by atoms with E-state index in [1.807, 2.05) is 6.92 Å². The third-order valence-electron chi connectivity index (χ3n) is 3.07. The Kier molecular flexibility index (Phi) is 5.83. The summed E-state index contributed by atoms with van der Waals surface area (Å²) in [6.45, 7) is 3.39. The zero-order chi connectivity index (χ0) is 13.6. The molecule has 0 amide bonds. The molecule has 0 aromatic rings. The van der Waals surface area contributed by atoms with Crippen molar-refractivity contribution < 1.29 is 18.4 Å². The van der Waals surface area contributed by atoms with Crippen molar-refractivity contribution in [3.05, 3.63) is 0 Å². The van der Waals surface area contributed by atoms with E-state index in [4.69, 9.17) is 15.7 Å². The Bertz CT molecular complexity index is 375. The smallest absolute Gasteiger partial charge is 0.216 e. The molecule has 0 aliphatic carbocycles. The molecule has 1 aliphatic rings. The van der Waals surface area contributed by atoms with Gasteiger partial charge in [-0.05, 0) is 19.8 Å². The van der Waals surface area contributed by atoms with Crippen molar-refractivity contribution in [3.63, 3.8) is 0 Å². The van der Waals surface area contributed by atoms with E-state index in [2.05, 4.69) is 5.16 Å². The highest BCUT2D eigenvalue weighted by atomic mass is 32.2. The molecule has 7 nitrogen and oxygen atoms in total. The molecule has 18 heavy (non-hydrogen) atoms. The van der Waals surface area contributed by atoms with Crippen molar-refractivity contribution in [1.82, 2.24) is 4.31 Å². The number of nitrogens with zero attached hydrogens (tertiary/aromatic N) is 2. The van der Waals surface area contributed by atoms with E-state index in [1.165, 1.54) is 4.31 Å². The molecule has 3 N–H and O–H groups in total. The normalized spacial score (nSPS) is 20.2. The van der Waals surface area contributed by atoms with Gasteiger partial charge in [0, 0.05) is 25.6 Å². The maximum atomic E-state index is 11.9. The first-order chi connectivity index (χ1) is 8.51. The summed E-state index contributed by atoms with van der Waals surface area (Å²) in [5.74, 6) is 0.157. The lowest BCUT2D eigenvalue weighted by Gasteiger charge is -2.30. The van der Waals surface area contributed by atoms with Gasteiger partial charge in [0.1, 0.15) is 5.84 Å². The van der Waals surface area contributed by atoms with Gasteiger partial charge in [-0.25, -0.2) is 12.7 Å². The van der Waals surface area contributed by atoms with Gasteiger partial charge in [0.15, 0.2) is 0 Å². The topological polar surface area (TPSA) is 105 Å². The Labute approximate surface area is 108 Å². The predicted molar refractivity (Wildman–Crippen MR) is 68.0 cm³/mol. The fourth-order valence-electron chi connectivity index (χ4n) is 1.95. The Balaban J connectivity index is 2.46. The molecule has 0 saturated carbocycles. The van der Waals surface area contributed by atoms with Crippen molar-refractivity contribution in [2.24, 2.45) is 16.8 Å². The van der Waals surface area contributed by atoms with E-state index >= 15 is 0 Å². The van der Waals surface area contributed by atoms with Crippen LogP contribution in [-0.2, 0) is 14.8 Å². The summed E-state index contributed by atoms with van der Waals surface area (Å²) in [7, 11) is -3.25.